The Labute approximate surface area is 180 Å². The van der Waals surface area contributed by atoms with Crippen molar-refractivity contribution >= 4 is 11.9 Å². The van der Waals surface area contributed by atoms with Gasteiger partial charge in [0.2, 0.25) is 0 Å². The van der Waals surface area contributed by atoms with Crippen LogP contribution in [0.15, 0.2) is 60.7 Å². The van der Waals surface area contributed by atoms with Crippen LogP contribution in [0.3, 0.4) is 0 Å². The van der Waals surface area contributed by atoms with Gasteiger partial charge in [0.15, 0.2) is 0 Å². The second kappa shape index (κ2) is 9.75. The fourth-order valence-electron chi connectivity index (χ4n) is 3.15. The lowest BCUT2D eigenvalue weighted by Gasteiger charge is -2.18. The van der Waals surface area contributed by atoms with Crippen LogP contribution in [-0.4, -0.2) is 36.2 Å². The standard InChI is InChI=1S/C24H24N2O5/c1-15-4-6-16(7-5-15)20(14-22(27)28)26-24(29)19-12-13-21(31-3)23(25-19)17-8-10-18(30-2)11-9-17/h4-13,20H,14H2,1-3H3,(H,26,29)(H,27,28)/t20-/m0/s1. The lowest BCUT2D eigenvalue weighted by Crippen LogP contribution is -2.30. The lowest BCUT2D eigenvalue weighted by molar-refractivity contribution is -0.137. The van der Waals surface area contributed by atoms with Crippen LogP contribution < -0.4 is 14.8 Å². The number of aryl methyl sites for hydroxylation is 1. The summed E-state index contributed by atoms with van der Waals surface area (Å²) in [5.41, 5.74) is 3.18. The summed E-state index contributed by atoms with van der Waals surface area (Å²) < 4.78 is 10.6. The molecular formula is C24H24N2O5. The third kappa shape index (κ3) is 5.39. The molecule has 0 radical (unpaired) electrons. The molecule has 1 amide bonds. The minimum absolute atomic E-state index is 0.161. The van der Waals surface area contributed by atoms with Crippen molar-refractivity contribution in [3.63, 3.8) is 0 Å². The first-order valence-electron chi connectivity index (χ1n) is 9.70. The molecule has 7 nitrogen and oxygen atoms in total. The van der Waals surface area contributed by atoms with Gasteiger partial charge in [-0.05, 0) is 48.9 Å². The van der Waals surface area contributed by atoms with E-state index in [-0.39, 0.29) is 12.1 Å². The van der Waals surface area contributed by atoms with Crippen LogP contribution in [0.1, 0.15) is 34.1 Å². The molecule has 2 aromatic carbocycles. The lowest BCUT2D eigenvalue weighted by atomic mass is 10.0. The van der Waals surface area contributed by atoms with Crippen LogP contribution in [0, 0.1) is 6.92 Å². The van der Waals surface area contributed by atoms with Gasteiger partial charge in [0.05, 0.1) is 26.7 Å². The summed E-state index contributed by atoms with van der Waals surface area (Å²) in [7, 11) is 3.12. The Morgan fingerprint density at radius 2 is 1.65 bits per heavy atom. The smallest absolute Gasteiger partial charge is 0.305 e. The van der Waals surface area contributed by atoms with Gasteiger partial charge < -0.3 is 19.9 Å². The summed E-state index contributed by atoms with van der Waals surface area (Å²) in [6.07, 6.45) is -0.240. The molecular weight excluding hydrogens is 396 g/mol. The molecule has 1 aromatic heterocycles. The van der Waals surface area contributed by atoms with Crippen molar-refractivity contribution in [3.05, 3.63) is 77.5 Å². The molecule has 0 spiro atoms. The maximum atomic E-state index is 12.9. The zero-order chi connectivity index (χ0) is 22.4. The van der Waals surface area contributed by atoms with E-state index >= 15 is 0 Å². The van der Waals surface area contributed by atoms with Crippen LogP contribution >= 0.6 is 0 Å². The van der Waals surface area contributed by atoms with Crippen molar-refractivity contribution in [1.29, 1.82) is 0 Å². The van der Waals surface area contributed by atoms with E-state index in [4.69, 9.17) is 9.47 Å². The molecule has 0 saturated heterocycles. The van der Waals surface area contributed by atoms with Crippen LogP contribution in [-0.2, 0) is 4.79 Å². The van der Waals surface area contributed by atoms with Crippen LogP contribution in [0.4, 0.5) is 0 Å². The molecule has 0 saturated carbocycles. The van der Waals surface area contributed by atoms with Crippen LogP contribution in [0.5, 0.6) is 11.5 Å². The van der Waals surface area contributed by atoms with Crippen LogP contribution in [0.2, 0.25) is 0 Å². The predicted octanol–water partition coefficient (Wildman–Crippen LogP) is 4.02. The van der Waals surface area contributed by atoms with Gasteiger partial charge in [-0.15, -0.1) is 0 Å². The number of hydrogen-bond acceptors (Lipinski definition) is 5. The second-order valence-corrected chi connectivity index (χ2v) is 7.01. The largest absolute Gasteiger partial charge is 0.497 e. The van der Waals surface area contributed by atoms with E-state index in [9.17, 15) is 14.7 Å². The molecule has 7 heteroatoms. The van der Waals surface area contributed by atoms with Crippen LogP contribution in [0.25, 0.3) is 11.3 Å². The molecule has 1 atom stereocenters. The number of amides is 1. The van der Waals surface area contributed by atoms with E-state index in [1.165, 1.54) is 7.11 Å². The number of rotatable bonds is 8. The number of nitrogens with one attached hydrogen (secondary N) is 1. The molecule has 31 heavy (non-hydrogen) atoms. The Morgan fingerprint density at radius 1 is 0.968 bits per heavy atom. The monoisotopic (exact) mass is 420 g/mol. The number of methoxy groups -OCH3 is 2. The van der Waals surface area contributed by atoms with Gasteiger partial charge in [0.25, 0.3) is 5.91 Å². The number of carboxylic acid groups (broad SMARTS) is 1. The number of carboxylic acids is 1. The SMILES string of the molecule is COc1ccc(-c2nc(C(=O)N[C@@H](CC(=O)O)c3ccc(C)cc3)ccc2OC)cc1. The molecule has 0 unspecified atom stereocenters. The molecule has 2 N–H and O–H groups in total. The first-order valence-corrected chi connectivity index (χ1v) is 9.70. The number of ether oxygens (including phenoxy) is 2. The molecule has 0 aliphatic heterocycles. The fraction of sp³-hybridized carbons (Fsp3) is 0.208. The van der Waals surface area contributed by atoms with Gasteiger partial charge in [0, 0.05) is 5.56 Å². The Kier molecular flexibility index (Phi) is 6.87. The topological polar surface area (TPSA) is 97.8 Å². The number of aromatic nitrogens is 1. The normalized spacial score (nSPS) is 11.5. The maximum Gasteiger partial charge on any atom is 0.305 e. The number of carbonyl (C=O) groups is 2. The van der Waals surface area contributed by atoms with E-state index in [2.05, 4.69) is 10.3 Å². The Balaban J connectivity index is 1.90. The third-order valence-electron chi connectivity index (χ3n) is 4.84. The molecule has 1 heterocycles. The van der Waals surface area contributed by atoms with Crippen molar-refractivity contribution in [3.8, 4) is 22.8 Å². The number of benzene rings is 2. The fourth-order valence-corrected chi connectivity index (χ4v) is 3.15. The minimum atomic E-state index is -1.01. The summed E-state index contributed by atoms with van der Waals surface area (Å²) in [6, 6.07) is 17.2. The summed E-state index contributed by atoms with van der Waals surface area (Å²) in [5.74, 6) is -0.259. The van der Waals surface area contributed by atoms with Gasteiger partial charge in [-0.3, -0.25) is 9.59 Å². The van der Waals surface area contributed by atoms with Crippen molar-refractivity contribution in [2.75, 3.05) is 14.2 Å². The Bertz CT molecular complexity index is 1060. The predicted molar refractivity (Wildman–Crippen MR) is 116 cm³/mol. The molecule has 160 valence electrons. The molecule has 0 aliphatic rings. The maximum absolute atomic E-state index is 12.9. The van der Waals surface area contributed by atoms with Crippen molar-refractivity contribution in [2.24, 2.45) is 0 Å². The zero-order valence-electron chi connectivity index (χ0n) is 17.6. The first kappa shape index (κ1) is 21.8. The number of aliphatic carboxylic acids is 1. The molecule has 0 aliphatic carbocycles. The second-order valence-electron chi connectivity index (χ2n) is 7.01. The molecule has 3 rings (SSSR count). The first-order chi connectivity index (χ1) is 14.9. The Morgan fingerprint density at radius 3 is 2.23 bits per heavy atom. The highest BCUT2D eigenvalue weighted by molar-refractivity contribution is 5.93. The number of nitrogens with zero attached hydrogens (tertiary/aromatic N) is 1. The molecule has 3 aromatic rings. The van der Waals surface area contributed by atoms with E-state index < -0.39 is 17.9 Å². The summed E-state index contributed by atoms with van der Waals surface area (Å²) in [6.45, 7) is 1.94. The quantitative estimate of drug-likeness (QED) is 0.571. The number of carbonyl (C=O) groups excluding carboxylic acids is 1. The summed E-state index contributed by atoms with van der Waals surface area (Å²) >= 11 is 0. The van der Waals surface area contributed by atoms with Gasteiger partial charge in [0.1, 0.15) is 22.9 Å². The minimum Gasteiger partial charge on any atom is -0.497 e. The summed E-state index contributed by atoms with van der Waals surface area (Å²) in [4.78, 5) is 28.8. The van der Waals surface area contributed by atoms with Crippen molar-refractivity contribution in [1.82, 2.24) is 10.3 Å². The number of pyridine rings is 1. The molecule has 0 bridgehead atoms. The van der Waals surface area contributed by atoms with E-state index in [0.717, 1.165) is 11.1 Å². The summed E-state index contributed by atoms with van der Waals surface area (Å²) in [5, 5.41) is 12.1. The van der Waals surface area contributed by atoms with Gasteiger partial charge >= 0.3 is 5.97 Å². The average molecular weight is 420 g/mol. The van der Waals surface area contributed by atoms with Crippen molar-refractivity contribution < 1.29 is 24.2 Å². The highest BCUT2D eigenvalue weighted by Crippen LogP contribution is 2.29. The number of hydrogen-bond donors (Lipinski definition) is 2. The zero-order valence-corrected chi connectivity index (χ0v) is 17.6. The third-order valence-corrected chi connectivity index (χ3v) is 4.84. The van der Waals surface area contributed by atoms with Gasteiger partial charge in [-0.2, -0.15) is 0 Å². The van der Waals surface area contributed by atoms with E-state index in [1.807, 2.05) is 43.3 Å². The van der Waals surface area contributed by atoms with Gasteiger partial charge in [-0.1, -0.05) is 29.8 Å². The highest BCUT2D eigenvalue weighted by Gasteiger charge is 2.21. The average Bonchev–Trinajstić information content (AvgIpc) is 2.78. The highest BCUT2D eigenvalue weighted by atomic mass is 16.5. The van der Waals surface area contributed by atoms with Gasteiger partial charge in [-0.25, -0.2) is 4.98 Å². The van der Waals surface area contributed by atoms with E-state index in [0.29, 0.717) is 22.8 Å². The van der Waals surface area contributed by atoms with Crippen molar-refractivity contribution in [2.45, 2.75) is 19.4 Å². The Hall–Kier alpha value is -3.87. The molecule has 0 fully saturated rings. The van der Waals surface area contributed by atoms with E-state index in [1.54, 1.807) is 31.4 Å².